The van der Waals surface area contributed by atoms with Gasteiger partial charge in [0.25, 0.3) is 0 Å². The largest absolute Gasteiger partial charge is 0.411 e. The molecule has 0 bridgehead atoms. The smallest absolute Gasteiger partial charge is 0.364 e. The van der Waals surface area contributed by atoms with Gasteiger partial charge in [-0.25, -0.2) is 0 Å². The molecule has 0 spiro atoms. The Kier molecular flexibility index (Phi) is 4.76. The number of nitrogens with one attached hydrogen (secondary N) is 1. The molecule has 1 atom stereocenters. The van der Waals surface area contributed by atoms with Gasteiger partial charge in [0.2, 0.25) is 5.89 Å². The number of ether oxygens (including phenoxy) is 1. The number of nitrogens with zero attached hydrogens (tertiary/aromatic N) is 2. The Hall–Kier alpha value is -1.15. The van der Waals surface area contributed by atoms with E-state index in [1.54, 1.807) is 0 Å². The second-order valence-corrected chi connectivity index (χ2v) is 4.51. The molecule has 1 aliphatic heterocycles. The van der Waals surface area contributed by atoms with E-state index in [9.17, 15) is 13.2 Å². The van der Waals surface area contributed by atoms with Gasteiger partial charge in [-0.05, 0) is 19.4 Å². The van der Waals surface area contributed by atoms with Gasteiger partial charge in [0.1, 0.15) is 13.2 Å². The summed E-state index contributed by atoms with van der Waals surface area (Å²) in [6.45, 7) is -0.721. The molecule has 108 valence electrons. The average molecular weight is 279 g/mol. The van der Waals surface area contributed by atoms with Crippen molar-refractivity contribution in [2.24, 2.45) is 0 Å². The number of aromatic nitrogens is 2. The number of hydrogen-bond donors (Lipinski definition) is 1. The van der Waals surface area contributed by atoms with Crippen LogP contribution < -0.4 is 5.32 Å². The molecular formula is C11H16F3N3O2. The van der Waals surface area contributed by atoms with Crippen LogP contribution in [0.5, 0.6) is 0 Å². The molecule has 1 aromatic heterocycles. The van der Waals surface area contributed by atoms with Gasteiger partial charge in [0.15, 0.2) is 5.82 Å². The highest BCUT2D eigenvalue weighted by molar-refractivity contribution is 4.93. The molecule has 2 heterocycles. The van der Waals surface area contributed by atoms with Gasteiger partial charge in [0, 0.05) is 0 Å². The Morgan fingerprint density at radius 2 is 2.16 bits per heavy atom. The van der Waals surface area contributed by atoms with Crippen LogP contribution in [-0.4, -0.2) is 29.5 Å². The van der Waals surface area contributed by atoms with Crippen LogP contribution in [-0.2, 0) is 11.3 Å². The summed E-state index contributed by atoms with van der Waals surface area (Å²) in [5.41, 5.74) is 0. The fourth-order valence-electron chi connectivity index (χ4n) is 1.97. The maximum Gasteiger partial charge on any atom is 0.411 e. The van der Waals surface area contributed by atoms with E-state index in [2.05, 4.69) is 20.2 Å². The van der Waals surface area contributed by atoms with E-state index in [1.807, 2.05) is 0 Å². The molecule has 2 rings (SSSR count). The normalized spacial score (nSPS) is 21.3. The monoisotopic (exact) mass is 279 g/mol. The summed E-state index contributed by atoms with van der Waals surface area (Å²) in [5, 5.41) is 6.90. The summed E-state index contributed by atoms with van der Waals surface area (Å²) < 4.78 is 45.2. The van der Waals surface area contributed by atoms with Crippen molar-refractivity contribution in [3.63, 3.8) is 0 Å². The van der Waals surface area contributed by atoms with Crippen molar-refractivity contribution >= 4 is 0 Å². The van der Waals surface area contributed by atoms with Gasteiger partial charge in [-0.15, -0.1) is 0 Å². The molecular weight excluding hydrogens is 263 g/mol. The Morgan fingerprint density at radius 1 is 1.32 bits per heavy atom. The van der Waals surface area contributed by atoms with Crippen molar-refractivity contribution in [1.29, 1.82) is 0 Å². The third-order valence-corrected chi connectivity index (χ3v) is 2.84. The van der Waals surface area contributed by atoms with Crippen LogP contribution in [0.1, 0.15) is 43.4 Å². The lowest BCUT2D eigenvalue weighted by Crippen LogP contribution is -2.20. The maximum atomic E-state index is 11.9. The summed E-state index contributed by atoms with van der Waals surface area (Å²) >= 11 is 0. The van der Waals surface area contributed by atoms with E-state index < -0.39 is 12.8 Å². The second kappa shape index (κ2) is 6.33. The fraction of sp³-hybridized carbons (Fsp3) is 0.818. The van der Waals surface area contributed by atoms with Crippen LogP contribution in [0, 0.1) is 0 Å². The van der Waals surface area contributed by atoms with Gasteiger partial charge in [-0.2, -0.15) is 18.2 Å². The van der Waals surface area contributed by atoms with Crippen molar-refractivity contribution in [2.75, 3.05) is 13.2 Å². The maximum absolute atomic E-state index is 11.9. The summed E-state index contributed by atoms with van der Waals surface area (Å²) in [5.74, 6) is 0.567. The predicted octanol–water partition coefficient (Wildman–Crippen LogP) is 2.35. The minimum Gasteiger partial charge on any atom is -0.364 e. The van der Waals surface area contributed by atoms with Crippen LogP contribution in [0.15, 0.2) is 4.52 Å². The molecule has 1 unspecified atom stereocenters. The van der Waals surface area contributed by atoms with Gasteiger partial charge < -0.3 is 14.6 Å². The molecule has 1 aromatic rings. The van der Waals surface area contributed by atoms with E-state index in [1.165, 1.54) is 0 Å². The molecule has 5 nitrogen and oxygen atoms in total. The van der Waals surface area contributed by atoms with E-state index in [0.717, 1.165) is 32.2 Å². The van der Waals surface area contributed by atoms with Gasteiger partial charge in [0.05, 0.1) is 6.04 Å². The van der Waals surface area contributed by atoms with Crippen LogP contribution in [0.25, 0.3) is 0 Å². The molecule has 1 aliphatic rings. The first-order valence-corrected chi connectivity index (χ1v) is 6.25. The molecule has 1 N–H and O–H groups in total. The number of alkyl halides is 3. The highest BCUT2D eigenvalue weighted by Crippen LogP contribution is 2.21. The molecule has 0 radical (unpaired) electrons. The van der Waals surface area contributed by atoms with E-state index >= 15 is 0 Å². The lowest BCUT2D eigenvalue weighted by molar-refractivity contribution is -0.177. The van der Waals surface area contributed by atoms with Gasteiger partial charge in [-0.3, -0.25) is 0 Å². The second-order valence-electron chi connectivity index (χ2n) is 4.51. The minimum absolute atomic E-state index is 0.00799. The zero-order chi connectivity index (χ0) is 13.7. The molecule has 0 saturated carbocycles. The van der Waals surface area contributed by atoms with E-state index in [-0.39, 0.29) is 18.5 Å². The van der Waals surface area contributed by atoms with E-state index in [0.29, 0.717) is 5.89 Å². The first-order chi connectivity index (χ1) is 9.04. The van der Waals surface area contributed by atoms with Crippen molar-refractivity contribution in [3.8, 4) is 0 Å². The summed E-state index contributed by atoms with van der Waals surface area (Å²) in [7, 11) is 0. The lowest BCUT2D eigenvalue weighted by Gasteiger charge is -2.09. The van der Waals surface area contributed by atoms with Crippen molar-refractivity contribution in [1.82, 2.24) is 15.5 Å². The molecule has 0 amide bonds. The van der Waals surface area contributed by atoms with Crippen molar-refractivity contribution in [3.05, 3.63) is 11.7 Å². The van der Waals surface area contributed by atoms with Crippen LogP contribution in [0.3, 0.4) is 0 Å². The number of rotatable bonds is 4. The third kappa shape index (κ3) is 4.79. The lowest BCUT2D eigenvalue weighted by atomic mass is 10.1. The summed E-state index contributed by atoms with van der Waals surface area (Å²) in [4.78, 5) is 4.06. The topological polar surface area (TPSA) is 60.2 Å². The molecule has 1 saturated heterocycles. The van der Waals surface area contributed by atoms with Crippen LogP contribution in [0.2, 0.25) is 0 Å². The molecule has 19 heavy (non-hydrogen) atoms. The quantitative estimate of drug-likeness (QED) is 0.916. The Bertz CT molecular complexity index is 387. The Morgan fingerprint density at radius 3 is 2.95 bits per heavy atom. The Balaban J connectivity index is 1.84. The van der Waals surface area contributed by atoms with Gasteiger partial charge in [-0.1, -0.05) is 18.0 Å². The zero-order valence-corrected chi connectivity index (χ0v) is 10.4. The van der Waals surface area contributed by atoms with E-state index in [4.69, 9.17) is 4.52 Å². The predicted molar refractivity (Wildman–Crippen MR) is 59.2 cm³/mol. The number of halogens is 3. The molecule has 0 aromatic carbocycles. The SMILES string of the molecule is FC(F)(F)COCc1noc(C2CCCCCN2)n1. The van der Waals surface area contributed by atoms with Crippen LogP contribution >= 0.6 is 0 Å². The van der Waals surface area contributed by atoms with Crippen LogP contribution in [0.4, 0.5) is 13.2 Å². The number of hydrogen-bond acceptors (Lipinski definition) is 5. The zero-order valence-electron chi connectivity index (χ0n) is 10.4. The molecule has 0 aliphatic carbocycles. The highest BCUT2D eigenvalue weighted by atomic mass is 19.4. The average Bonchev–Trinajstić information content (AvgIpc) is 2.62. The third-order valence-electron chi connectivity index (χ3n) is 2.84. The highest BCUT2D eigenvalue weighted by Gasteiger charge is 2.28. The molecule has 8 heteroatoms. The first kappa shape index (κ1) is 14.3. The minimum atomic E-state index is -4.34. The standard InChI is InChI=1S/C11H16F3N3O2/c12-11(13,14)7-18-6-9-16-10(19-17-9)8-4-2-1-3-5-15-8/h8,15H,1-7H2. The first-order valence-electron chi connectivity index (χ1n) is 6.25. The Labute approximate surface area is 108 Å². The summed E-state index contributed by atoms with van der Waals surface area (Å²) in [6, 6.07) is -0.00799. The van der Waals surface area contributed by atoms with Gasteiger partial charge >= 0.3 is 6.18 Å². The van der Waals surface area contributed by atoms with Crippen molar-refractivity contribution in [2.45, 2.75) is 44.5 Å². The van der Waals surface area contributed by atoms with Crippen molar-refractivity contribution < 1.29 is 22.4 Å². The summed E-state index contributed by atoms with van der Waals surface area (Å²) in [6.07, 6.45) is -0.119. The molecule has 1 fully saturated rings. The fourth-order valence-corrected chi connectivity index (χ4v) is 1.97.